The molecule has 0 radical (unpaired) electrons. The van der Waals surface area contributed by atoms with Crippen molar-refractivity contribution < 1.29 is 44.6 Å². The summed E-state index contributed by atoms with van der Waals surface area (Å²) in [7, 11) is -1.75. The van der Waals surface area contributed by atoms with Gasteiger partial charge in [0.2, 0.25) is 11.6 Å². The molecule has 0 aliphatic heterocycles. The molecule has 8 aromatic rings. The van der Waals surface area contributed by atoms with Crippen LogP contribution < -0.4 is 18.9 Å². The summed E-state index contributed by atoms with van der Waals surface area (Å²) in [6.07, 6.45) is 3.92. The minimum Gasteiger partial charge on any atom is -0.494 e. The molecule has 6 aromatic heterocycles. The van der Waals surface area contributed by atoms with Crippen LogP contribution >= 0.6 is 0 Å². The Balaban J connectivity index is 0.000000216. The highest BCUT2D eigenvalue weighted by Crippen LogP contribution is 2.38. The average Bonchev–Trinajstić information content (AvgIpc) is 4.02. The number of pyridine rings is 2. The summed E-state index contributed by atoms with van der Waals surface area (Å²) in [5, 5.41) is 15.0. The lowest BCUT2D eigenvalue weighted by atomic mass is 10.2. The van der Waals surface area contributed by atoms with Crippen molar-refractivity contribution in [1.29, 1.82) is 0 Å². The second-order valence-corrected chi connectivity index (χ2v) is 20.7. The highest BCUT2D eigenvalue weighted by Gasteiger charge is 2.32. The molecule has 0 amide bonds. The maximum absolute atomic E-state index is 13.4. The first kappa shape index (κ1) is 52.9. The molecule has 2 atom stereocenters. The fraction of sp³-hybridized carbons (Fsp3) is 0.250. The summed E-state index contributed by atoms with van der Waals surface area (Å²) in [5.74, 6) is 0.573. The average molecular weight is 1050 g/mol. The molecule has 0 saturated carbocycles. The van der Waals surface area contributed by atoms with E-state index in [-0.39, 0.29) is 59.4 Å². The van der Waals surface area contributed by atoms with Gasteiger partial charge in [-0.1, -0.05) is 37.4 Å². The zero-order valence-corrected chi connectivity index (χ0v) is 42.0. The number of methoxy groups -OCH3 is 4. The van der Waals surface area contributed by atoms with Gasteiger partial charge in [0.25, 0.3) is 11.6 Å². The number of sulfone groups is 2. The Labute approximate surface area is 423 Å². The van der Waals surface area contributed by atoms with E-state index in [1.54, 1.807) is 72.8 Å². The SMILES string of the molecule is [C-]#[N+]c1cccc(-c2nnc(CS(=O)(=O)[C@@H](C)Cc3ncc(F)cn3)n2-c2c(OC)cccc2OC)n1.[C-]#[N+]c1cccc(-c2nnc(CS(=O)(=O)[C@H](C)Cc3ncc(F)cn3)n2-c2c(OC)cccc2OC)n1. The van der Waals surface area contributed by atoms with E-state index < -0.39 is 53.3 Å². The molecule has 0 N–H and O–H groups in total. The lowest BCUT2D eigenvalue weighted by Gasteiger charge is -2.17. The van der Waals surface area contributed by atoms with E-state index in [2.05, 4.69) is 60.0 Å². The standard InChI is InChI=1S/2C24H22FN7O4S/c2*1-15(11-21-27-12-16(25)13-28-21)37(33,34)14-22-30-31-24(17-7-5-10-20(26-2)29-17)32(22)23-18(35-3)8-6-9-19(23)36-4/h2*5-10,12-13,15H,11,14H2,1,3-4H3/t2*15-/m10/s1. The molecule has 380 valence electrons. The minimum atomic E-state index is -3.82. The van der Waals surface area contributed by atoms with Crippen molar-refractivity contribution >= 4 is 31.3 Å². The summed E-state index contributed by atoms with van der Waals surface area (Å²) in [6, 6.07) is 19.9. The fourth-order valence-electron chi connectivity index (χ4n) is 7.25. The van der Waals surface area contributed by atoms with E-state index in [4.69, 9.17) is 32.1 Å². The maximum atomic E-state index is 13.4. The second-order valence-electron chi connectivity index (χ2n) is 15.8. The van der Waals surface area contributed by atoms with E-state index in [0.29, 0.717) is 45.8 Å². The summed E-state index contributed by atoms with van der Waals surface area (Å²) >= 11 is 0. The van der Waals surface area contributed by atoms with Crippen molar-refractivity contribution in [2.24, 2.45) is 0 Å². The number of rotatable bonds is 18. The molecular weight excluding hydrogens is 1000 g/mol. The van der Waals surface area contributed by atoms with Crippen molar-refractivity contribution in [3.8, 4) is 57.4 Å². The Morgan fingerprint density at radius 3 is 1.16 bits per heavy atom. The predicted molar refractivity (Wildman–Crippen MR) is 263 cm³/mol. The zero-order valence-electron chi connectivity index (χ0n) is 40.3. The normalized spacial score (nSPS) is 12.1. The first-order valence-corrected chi connectivity index (χ1v) is 25.3. The smallest absolute Gasteiger partial charge is 0.270 e. The van der Waals surface area contributed by atoms with Crippen LogP contribution in [0.2, 0.25) is 0 Å². The summed E-state index contributed by atoms with van der Waals surface area (Å²) in [4.78, 5) is 30.8. The minimum absolute atomic E-state index is 0.0177. The third-order valence-electron chi connectivity index (χ3n) is 11.0. The molecule has 8 rings (SSSR count). The van der Waals surface area contributed by atoms with Gasteiger partial charge in [-0.05, 0) is 62.4 Å². The van der Waals surface area contributed by atoms with Crippen LogP contribution in [0.4, 0.5) is 20.4 Å². The van der Waals surface area contributed by atoms with Crippen LogP contribution in [0.25, 0.3) is 44.1 Å². The number of benzene rings is 2. The van der Waals surface area contributed by atoms with Crippen molar-refractivity contribution in [2.45, 2.75) is 48.7 Å². The molecule has 6 heterocycles. The third-order valence-corrected chi connectivity index (χ3v) is 15.1. The lowest BCUT2D eigenvalue weighted by molar-refractivity contribution is 0.390. The molecule has 26 heteroatoms. The number of hydrogen-bond donors (Lipinski definition) is 0. The third kappa shape index (κ3) is 11.9. The maximum Gasteiger partial charge on any atom is 0.270 e. The Hall–Kier alpha value is -8.88. The Morgan fingerprint density at radius 1 is 0.527 bits per heavy atom. The predicted octanol–water partition coefficient (Wildman–Crippen LogP) is 6.74. The second kappa shape index (κ2) is 23.1. The summed E-state index contributed by atoms with van der Waals surface area (Å²) in [5.41, 5.74) is 1.38. The largest absolute Gasteiger partial charge is 0.494 e. The van der Waals surface area contributed by atoms with E-state index in [1.165, 1.54) is 51.4 Å². The molecule has 0 unspecified atom stereocenters. The van der Waals surface area contributed by atoms with Crippen LogP contribution in [0.1, 0.15) is 37.1 Å². The van der Waals surface area contributed by atoms with Gasteiger partial charge in [-0.15, -0.1) is 30.4 Å². The molecule has 0 aliphatic carbocycles. The first-order chi connectivity index (χ1) is 35.5. The van der Waals surface area contributed by atoms with Crippen molar-refractivity contribution in [3.63, 3.8) is 0 Å². The highest BCUT2D eigenvalue weighted by molar-refractivity contribution is 7.91. The van der Waals surface area contributed by atoms with Gasteiger partial charge in [0.1, 0.15) is 57.5 Å². The number of ether oxygens (including phenoxy) is 4. The van der Waals surface area contributed by atoms with Crippen molar-refractivity contribution in [3.05, 3.63) is 155 Å². The van der Waals surface area contributed by atoms with Gasteiger partial charge in [0.05, 0.1) is 63.7 Å². The summed E-state index contributed by atoms with van der Waals surface area (Å²) < 4.78 is 105. The molecule has 22 nitrogen and oxygen atoms in total. The molecule has 0 fully saturated rings. The van der Waals surface area contributed by atoms with E-state index in [9.17, 15) is 25.6 Å². The number of halogens is 2. The van der Waals surface area contributed by atoms with Gasteiger partial charge in [-0.25, -0.2) is 45.6 Å². The molecule has 0 saturated heterocycles. The van der Waals surface area contributed by atoms with Gasteiger partial charge in [-0.2, -0.15) is 0 Å². The van der Waals surface area contributed by atoms with Gasteiger partial charge in [-0.3, -0.25) is 9.13 Å². The first-order valence-electron chi connectivity index (χ1n) is 21.9. The lowest BCUT2D eigenvalue weighted by Crippen LogP contribution is -2.24. The van der Waals surface area contributed by atoms with E-state index >= 15 is 0 Å². The quantitative estimate of drug-likeness (QED) is 0.0806. The molecular formula is C48H44F2N14O8S2. The van der Waals surface area contributed by atoms with Crippen LogP contribution in [0.15, 0.2) is 97.6 Å². The van der Waals surface area contributed by atoms with E-state index in [1.807, 2.05) is 0 Å². The highest BCUT2D eigenvalue weighted by atomic mass is 32.2. The van der Waals surface area contributed by atoms with Gasteiger partial charge in [0, 0.05) is 12.8 Å². The van der Waals surface area contributed by atoms with Gasteiger partial charge >= 0.3 is 0 Å². The Kier molecular flexibility index (Phi) is 16.5. The number of aromatic nitrogens is 12. The Morgan fingerprint density at radius 2 is 0.851 bits per heavy atom. The van der Waals surface area contributed by atoms with Gasteiger partial charge < -0.3 is 28.6 Å². The fourth-order valence-corrected chi connectivity index (χ4v) is 9.72. The monoisotopic (exact) mass is 1050 g/mol. The van der Waals surface area contributed by atoms with E-state index in [0.717, 1.165) is 24.8 Å². The van der Waals surface area contributed by atoms with Crippen LogP contribution in [-0.2, 0) is 44.0 Å². The number of nitrogens with zero attached hydrogens (tertiary/aromatic N) is 14. The molecule has 0 aliphatic rings. The zero-order chi connectivity index (χ0) is 53.2. The van der Waals surface area contributed by atoms with Crippen LogP contribution in [0, 0.1) is 24.8 Å². The molecule has 0 spiro atoms. The number of hydrogen-bond acceptors (Lipinski definition) is 18. The van der Waals surface area contributed by atoms with Crippen LogP contribution in [-0.4, -0.2) is 115 Å². The molecule has 2 aromatic carbocycles. The van der Waals surface area contributed by atoms with Crippen LogP contribution in [0.5, 0.6) is 23.0 Å². The Bertz CT molecular complexity index is 3330. The topological polar surface area (TPSA) is 253 Å². The van der Waals surface area contributed by atoms with Crippen molar-refractivity contribution in [2.75, 3.05) is 28.4 Å². The summed E-state index contributed by atoms with van der Waals surface area (Å²) in [6.45, 7) is 17.6. The van der Waals surface area contributed by atoms with Crippen LogP contribution in [0.3, 0.4) is 0 Å². The molecule has 0 bridgehead atoms. The van der Waals surface area contributed by atoms with Gasteiger partial charge in [0.15, 0.2) is 54.3 Å². The molecule has 74 heavy (non-hydrogen) atoms. The number of para-hydroxylation sites is 2. The van der Waals surface area contributed by atoms with Crippen molar-refractivity contribution in [1.82, 2.24) is 59.4 Å².